The Labute approximate surface area is 70.6 Å². The fraction of sp³-hybridized carbons (Fsp3) is 0.857. The first-order valence-corrected chi connectivity index (χ1v) is 4.01. The van der Waals surface area contributed by atoms with E-state index in [0.29, 0.717) is 12.8 Å². The summed E-state index contributed by atoms with van der Waals surface area (Å²) in [6.45, 7) is 0.254. The first kappa shape index (κ1) is 9.28. The van der Waals surface area contributed by atoms with Crippen LogP contribution >= 0.6 is 0 Å². The van der Waals surface area contributed by atoms with Gasteiger partial charge in [0.05, 0.1) is 6.10 Å². The van der Waals surface area contributed by atoms with Crippen molar-refractivity contribution in [3.63, 3.8) is 0 Å². The van der Waals surface area contributed by atoms with Crippen LogP contribution in [-0.4, -0.2) is 35.0 Å². The van der Waals surface area contributed by atoms with E-state index in [1.54, 1.807) is 0 Å². The Morgan fingerprint density at radius 2 is 2.25 bits per heavy atom. The van der Waals surface area contributed by atoms with Crippen LogP contribution in [0.25, 0.3) is 0 Å². The van der Waals surface area contributed by atoms with Crippen LogP contribution in [0.2, 0.25) is 0 Å². The number of carboxylic acid groups (broad SMARTS) is 1. The summed E-state index contributed by atoms with van der Waals surface area (Å²) in [5.74, 6) is 0.173. The molecule has 5 heteroatoms. The van der Waals surface area contributed by atoms with Gasteiger partial charge < -0.3 is 21.3 Å². The molecule has 70 valence electrons. The predicted molar refractivity (Wildman–Crippen MR) is 42.7 cm³/mol. The average Bonchev–Trinajstić information content (AvgIpc) is 1.94. The summed E-state index contributed by atoms with van der Waals surface area (Å²) < 4.78 is 0. The van der Waals surface area contributed by atoms with Crippen LogP contribution in [0, 0.1) is 5.92 Å². The number of hydrogen-bond acceptors (Lipinski definition) is 3. The van der Waals surface area contributed by atoms with E-state index in [9.17, 15) is 9.90 Å². The van der Waals surface area contributed by atoms with Crippen LogP contribution in [0.1, 0.15) is 12.8 Å². The number of aliphatic hydroxyl groups is 1. The van der Waals surface area contributed by atoms with Gasteiger partial charge in [0.2, 0.25) is 0 Å². The lowest BCUT2D eigenvalue weighted by molar-refractivity contribution is 0.0481. The minimum Gasteiger partial charge on any atom is -0.465 e. The van der Waals surface area contributed by atoms with Crippen molar-refractivity contribution in [2.24, 2.45) is 11.7 Å². The molecule has 0 spiro atoms. The Kier molecular flexibility index (Phi) is 2.88. The molecule has 5 nitrogen and oxygen atoms in total. The monoisotopic (exact) mass is 174 g/mol. The van der Waals surface area contributed by atoms with Gasteiger partial charge in [-0.05, 0) is 18.8 Å². The first-order valence-electron chi connectivity index (χ1n) is 4.01. The molecule has 0 aliphatic heterocycles. The van der Waals surface area contributed by atoms with Crippen molar-refractivity contribution in [3.8, 4) is 0 Å². The van der Waals surface area contributed by atoms with Crippen molar-refractivity contribution in [1.82, 2.24) is 5.32 Å². The number of amides is 1. The van der Waals surface area contributed by atoms with E-state index in [0.717, 1.165) is 0 Å². The maximum atomic E-state index is 10.2. The van der Waals surface area contributed by atoms with E-state index in [4.69, 9.17) is 10.8 Å². The summed E-state index contributed by atoms with van der Waals surface area (Å²) in [6.07, 6.45) is -0.0764. The topological polar surface area (TPSA) is 95.6 Å². The van der Waals surface area contributed by atoms with Crippen LogP contribution in [0.3, 0.4) is 0 Å². The molecule has 1 rings (SSSR count). The Morgan fingerprint density at radius 3 is 2.67 bits per heavy atom. The standard InChI is InChI=1S/C7H14N2O3/c8-3-6(10)4-1-5(2-4)9-7(11)12/h4-6,9-10H,1-3,8H2,(H,11,12)/t4-,5-,6?. The summed E-state index contributed by atoms with van der Waals surface area (Å²) in [6, 6.07) is 0.00806. The molecule has 0 aromatic carbocycles. The number of nitrogens with one attached hydrogen (secondary N) is 1. The normalized spacial score (nSPS) is 30.5. The van der Waals surface area contributed by atoms with Gasteiger partial charge in [0.25, 0.3) is 0 Å². The van der Waals surface area contributed by atoms with Gasteiger partial charge in [0.15, 0.2) is 0 Å². The third kappa shape index (κ3) is 2.09. The number of aliphatic hydroxyl groups excluding tert-OH is 1. The average molecular weight is 174 g/mol. The van der Waals surface area contributed by atoms with Gasteiger partial charge in [-0.3, -0.25) is 0 Å². The summed E-state index contributed by atoms with van der Waals surface area (Å²) in [4.78, 5) is 10.2. The number of nitrogens with two attached hydrogens (primary N) is 1. The van der Waals surface area contributed by atoms with E-state index >= 15 is 0 Å². The molecule has 1 fully saturated rings. The van der Waals surface area contributed by atoms with Crippen molar-refractivity contribution in [2.45, 2.75) is 25.0 Å². The van der Waals surface area contributed by atoms with Gasteiger partial charge in [-0.1, -0.05) is 0 Å². The molecule has 12 heavy (non-hydrogen) atoms. The molecule has 1 saturated carbocycles. The quantitative estimate of drug-likeness (QED) is 0.457. The third-order valence-electron chi connectivity index (χ3n) is 2.29. The zero-order chi connectivity index (χ0) is 9.14. The van der Waals surface area contributed by atoms with Crippen molar-refractivity contribution < 1.29 is 15.0 Å². The molecule has 1 unspecified atom stereocenters. The van der Waals surface area contributed by atoms with Crippen LogP contribution < -0.4 is 11.1 Å². The van der Waals surface area contributed by atoms with E-state index in [-0.39, 0.29) is 18.5 Å². The van der Waals surface area contributed by atoms with Gasteiger partial charge in [0.1, 0.15) is 0 Å². The summed E-state index contributed by atoms with van der Waals surface area (Å²) in [5, 5.41) is 19.9. The zero-order valence-electron chi connectivity index (χ0n) is 6.73. The fourth-order valence-corrected chi connectivity index (χ4v) is 1.46. The van der Waals surface area contributed by atoms with Gasteiger partial charge >= 0.3 is 6.09 Å². The van der Waals surface area contributed by atoms with Gasteiger partial charge in [-0.25, -0.2) is 4.79 Å². The minimum atomic E-state index is -0.999. The van der Waals surface area contributed by atoms with Crippen LogP contribution in [-0.2, 0) is 0 Å². The molecule has 0 bridgehead atoms. The lowest BCUT2D eigenvalue weighted by atomic mass is 9.77. The minimum absolute atomic E-state index is 0.00806. The van der Waals surface area contributed by atoms with Crippen molar-refractivity contribution in [1.29, 1.82) is 0 Å². The number of rotatable bonds is 3. The molecule has 0 saturated heterocycles. The van der Waals surface area contributed by atoms with Crippen LogP contribution in [0.5, 0.6) is 0 Å². The van der Waals surface area contributed by atoms with E-state index in [1.807, 2.05) is 0 Å². The second-order valence-electron chi connectivity index (χ2n) is 3.18. The van der Waals surface area contributed by atoms with Crippen molar-refractivity contribution in [3.05, 3.63) is 0 Å². The van der Waals surface area contributed by atoms with Gasteiger partial charge in [0, 0.05) is 12.6 Å². The smallest absolute Gasteiger partial charge is 0.404 e. The number of hydrogen-bond donors (Lipinski definition) is 4. The molecular formula is C7H14N2O3. The van der Waals surface area contributed by atoms with Crippen molar-refractivity contribution in [2.75, 3.05) is 6.54 Å². The lowest BCUT2D eigenvalue weighted by Gasteiger charge is -2.37. The maximum absolute atomic E-state index is 10.2. The highest BCUT2D eigenvalue weighted by molar-refractivity contribution is 5.65. The summed E-state index contributed by atoms with van der Waals surface area (Å²) >= 11 is 0. The molecule has 1 amide bonds. The Balaban J connectivity index is 2.15. The molecule has 1 atom stereocenters. The highest BCUT2D eigenvalue weighted by atomic mass is 16.4. The molecule has 0 aromatic heterocycles. The third-order valence-corrected chi connectivity index (χ3v) is 2.29. The van der Waals surface area contributed by atoms with E-state index in [1.165, 1.54) is 0 Å². The Morgan fingerprint density at radius 1 is 1.67 bits per heavy atom. The molecular weight excluding hydrogens is 160 g/mol. The molecule has 1 aliphatic carbocycles. The molecule has 5 N–H and O–H groups in total. The summed E-state index contributed by atoms with van der Waals surface area (Å²) in [7, 11) is 0. The summed E-state index contributed by atoms with van der Waals surface area (Å²) in [5.41, 5.74) is 5.24. The second kappa shape index (κ2) is 3.73. The Hall–Kier alpha value is -0.810. The highest BCUT2D eigenvalue weighted by Crippen LogP contribution is 2.29. The first-order chi connectivity index (χ1) is 5.63. The number of carbonyl (C=O) groups is 1. The Bertz CT molecular complexity index is 168. The SMILES string of the molecule is NCC(O)[C@H]1C[C@H](NC(=O)O)C1. The maximum Gasteiger partial charge on any atom is 0.404 e. The molecule has 0 radical (unpaired) electrons. The largest absolute Gasteiger partial charge is 0.465 e. The predicted octanol–water partition coefficient (Wildman–Crippen LogP) is -0.648. The molecule has 0 heterocycles. The second-order valence-corrected chi connectivity index (χ2v) is 3.18. The zero-order valence-corrected chi connectivity index (χ0v) is 6.73. The lowest BCUT2D eigenvalue weighted by Crippen LogP contribution is -2.48. The van der Waals surface area contributed by atoms with E-state index < -0.39 is 12.2 Å². The highest BCUT2D eigenvalue weighted by Gasteiger charge is 2.34. The van der Waals surface area contributed by atoms with E-state index in [2.05, 4.69) is 5.32 Å². The fourth-order valence-electron chi connectivity index (χ4n) is 1.46. The van der Waals surface area contributed by atoms with Crippen LogP contribution in [0.15, 0.2) is 0 Å². The molecule has 0 aromatic rings. The van der Waals surface area contributed by atoms with Gasteiger partial charge in [-0.2, -0.15) is 0 Å². The molecule has 1 aliphatic rings. The van der Waals surface area contributed by atoms with Crippen molar-refractivity contribution >= 4 is 6.09 Å². The van der Waals surface area contributed by atoms with Crippen LogP contribution in [0.4, 0.5) is 4.79 Å². The van der Waals surface area contributed by atoms with Gasteiger partial charge in [-0.15, -0.1) is 0 Å².